The Balaban J connectivity index is 0.00000182. The molecule has 1 heterocycles. The summed E-state index contributed by atoms with van der Waals surface area (Å²) in [6.07, 6.45) is 9.96. The zero-order valence-electron chi connectivity index (χ0n) is 14.4. The average molecular weight is 364 g/mol. The number of benzene rings is 1. The number of rotatable bonds is 6. The van der Waals surface area contributed by atoms with Gasteiger partial charge in [0, 0.05) is 6.42 Å². The number of aromatic nitrogens is 2. The molecule has 0 amide bonds. The van der Waals surface area contributed by atoms with Gasteiger partial charge in [0.05, 0.1) is 11.6 Å². The second-order valence-corrected chi connectivity index (χ2v) is 7.19. The molecule has 2 aliphatic rings. The molecule has 25 heavy (non-hydrogen) atoms. The molecule has 0 unspecified atom stereocenters. The van der Waals surface area contributed by atoms with Crippen LogP contribution in [0.5, 0.6) is 5.75 Å². The summed E-state index contributed by atoms with van der Waals surface area (Å²) in [5.74, 6) is 2.31. The molecule has 0 spiro atoms. The largest absolute Gasteiger partial charge is 0.490 e. The summed E-state index contributed by atoms with van der Waals surface area (Å²) >= 11 is 0. The summed E-state index contributed by atoms with van der Waals surface area (Å²) in [6.45, 7) is 0. The van der Waals surface area contributed by atoms with Crippen molar-refractivity contribution in [3.05, 3.63) is 41.5 Å². The lowest BCUT2D eigenvalue weighted by Crippen LogP contribution is -2.44. The highest BCUT2D eigenvalue weighted by molar-refractivity contribution is 5.85. The Morgan fingerprint density at radius 1 is 1.16 bits per heavy atom. The molecule has 2 fully saturated rings. The highest BCUT2D eigenvalue weighted by atomic mass is 35.5. The Hall–Kier alpha value is -1.59. The summed E-state index contributed by atoms with van der Waals surface area (Å²) in [5, 5.41) is 4.07. The van der Waals surface area contributed by atoms with Crippen LogP contribution in [0.4, 0.5) is 0 Å². The molecule has 1 aromatic heterocycles. The van der Waals surface area contributed by atoms with Crippen LogP contribution in [0.3, 0.4) is 0 Å². The minimum atomic E-state index is -0.350. The number of nitrogens with two attached hydrogens (primary N) is 1. The lowest BCUT2D eigenvalue weighted by atomic mass is 9.77. The van der Waals surface area contributed by atoms with Crippen LogP contribution in [0.2, 0.25) is 0 Å². The predicted octanol–water partition coefficient (Wildman–Crippen LogP) is 3.94. The third-order valence-electron chi connectivity index (χ3n) is 5.29. The van der Waals surface area contributed by atoms with Gasteiger partial charge in [0.15, 0.2) is 5.82 Å². The fourth-order valence-electron chi connectivity index (χ4n) is 3.56. The van der Waals surface area contributed by atoms with Crippen molar-refractivity contribution in [2.45, 2.75) is 69.4 Å². The smallest absolute Gasteiger partial charge is 0.227 e. The lowest BCUT2D eigenvalue weighted by Gasteiger charge is -2.34. The zero-order valence-corrected chi connectivity index (χ0v) is 15.3. The van der Waals surface area contributed by atoms with Gasteiger partial charge < -0.3 is 15.0 Å². The second kappa shape index (κ2) is 7.75. The van der Waals surface area contributed by atoms with E-state index in [0.29, 0.717) is 17.8 Å². The van der Waals surface area contributed by atoms with Crippen LogP contribution in [0.15, 0.2) is 28.8 Å². The normalized spacial score (nSPS) is 19.2. The number of ether oxygens (including phenoxy) is 1. The van der Waals surface area contributed by atoms with Crippen molar-refractivity contribution in [2.24, 2.45) is 5.73 Å². The fourth-order valence-corrected chi connectivity index (χ4v) is 3.56. The van der Waals surface area contributed by atoms with Gasteiger partial charge in [0.1, 0.15) is 5.75 Å². The first-order valence-electron chi connectivity index (χ1n) is 9.09. The summed E-state index contributed by atoms with van der Waals surface area (Å²) in [6, 6.07) is 8.35. The number of hydrogen-bond acceptors (Lipinski definition) is 5. The van der Waals surface area contributed by atoms with Crippen molar-refractivity contribution in [1.82, 2.24) is 10.1 Å². The third kappa shape index (κ3) is 4.15. The number of halogens is 1. The third-order valence-corrected chi connectivity index (χ3v) is 5.29. The van der Waals surface area contributed by atoms with Gasteiger partial charge >= 0.3 is 0 Å². The van der Waals surface area contributed by atoms with Gasteiger partial charge in [0.2, 0.25) is 5.89 Å². The molecular weight excluding hydrogens is 338 g/mol. The van der Waals surface area contributed by atoms with Gasteiger partial charge in [-0.1, -0.05) is 17.3 Å². The molecule has 2 aliphatic carbocycles. The van der Waals surface area contributed by atoms with Crippen molar-refractivity contribution < 1.29 is 9.26 Å². The fraction of sp³-hybridized carbons (Fsp3) is 0.579. The van der Waals surface area contributed by atoms with E-state index >= 15 is 0 Å². The predicted molar refractivity (Wildman–Crippen MR) is 98.0 cm³/mol. The Morgan fingerprint density at radius 2 is 1.96 bits per heavy atom. The second-order valence-electron chi connectivity index (χ2n) is 7.19. The molecule has 136 valence electrons. The molecule has 0 atom stereocenters. The number of nitrogens with zero attached hydrogens (tertiary/aromatic N) is 2. The monoisotopic (exact) mass is 363 g/mol. The van der Waals surface area contributed by atoms with Gasteiger partial charge in [-0.05, 0) is 69.1 Å². The van der Waals surface area contributed by atoms with Crippen LogP contribution in [-0.2, 0) is 18.4 Å². The van der Waals surface area contributed by atoms with E-state index < -0.39 is 0 Å². The van der Waals surface area contributed by atoms with Crippen molar-refractivity contribution in [1.29, 1.82) is 0 Å². The first-order valence-corrected chi connectivity index (χ1v) is 9.09. The van der Waals surface area contributed by atoms with Crippen LogP contribution in [0, 0.1) is 0 Å². The van der Waals surface area contributed by atoms with E-state index in [0.717, 1.165) is 37.9 Å². The van der Waals surface area contributed by atoms with Gasteiger partial charge in [0.25, 0.3) is 0 Å². The molecule has 0 radical (unpaired) electrons. The summed E-state index contributed by atoms with van der Waals surface area (Å²) in [7, 11) is 0. The lowest BCUT2D eigenvalue weighted by molar-refractivity contribution is 0.210. The van der Waals surface area contributed by atoms with E-state index in [1.54, 1.807) is 0 Å². The van der Waals surface area contributed by atoms with Gasteiger partial charge in [-0.2, -0.15) is 4.98 Å². The van der Waals surface area contributed by atoms with Crippen molar-refractivity contribution >= 4 is 12.4 Å². The highest BCUT2D eigenvalue weighted by Crippen LogP contribution is 2.36. The van der Waals surface area contributed by atoms with Crippen molar-refractivity contribution in [3.63, 3.8) is 0 Å². The molecule has 5 nitrogen and oxygen atoms in total. The van der Waals surface area contributed by atoms with E-state index in [1.165, 1.54) is 31.2 Å². The van der Waals surface area contributed by atoms with Crippen LogP contribution < -0.4 is 10.5 Å². The molecule has 2 saturated carbocycles. The number of aryl methyl sites for hydroxylation is 2. The average Bonchev–Trinajstić information content (AvgIpc) is 3.23. The topological polar surface area (TPSA) is 74.2 Å². The Labute approximate surface area is 154 Å². The van der Waals surface area contributed by atoms with Crippen molar-refractivity contribution in [2.75, 3.05) is 0 Å². The maximum absolute atomic E-state index is 6.24. The molecule has 0 bridgehead atoms. The maximum atomic E-state index is 6.24. The van der Waals surface area contributed by atoms with Crippen LogP contribution in [0.25, 0.3) is 0 Å². The SMILES string of the molecule is Cl.NC1(c2noc(CCc3cccc(OC4CCCC4)c3)n2)CCC1. The molecule has 0 saturated heterocycles. The summed E-state index contributed by atoms with van der Waals surface area (Å²) in [4.78, 5) is 4.49. The Kier molecular flexibility index (Phi) is 5.64. The summed E-state index contributed by atoms with van der Waals surface area (Å²) in [5.41, 5.74) is 7.12. The van der Waals surface area contributed by atoms with Crippen molar-refractivity contribution in [3.8, 4) is 5.75 Å². The van der Waals surface area contributed by atoms with Gasteiger partial charge in [-0.15, -0.1) is 12.4 Å². The van der Waals surface area contributed by atoms with Gasteiger partial charge in [-0.3, -0.25) is 0 Å². The number of hydrogen-bond donors (Lipinski definition) is 1. The Morgan fingerprint density at radius 3 is 2.68 bits per heavy atom. The highest BCUT2D eigenvalue weighted by Gasteiger charge is 2.38. The Bertz CT molecular complexity index is 693. The van der Waals surface area contributed by atoms with E-state index in [-0.39, 0.29) is 17.9 Å². The van der Waals surface area contributed by atoms with E-state index in [4.69, 9.17) is 15.0 Å². The quantitative estimate of drug-likeness (QED) is 0.841. The molecule has 6 heteroatoms. The molecule has 1 aromatic carbocycles. The first-order chi connectivity index (χ1) is 11.7. The minimum absolute atomic E-state index is 0. The standard InChI is InChI=1S/C19H25N3O2.ClH/c20-19(11-4-12-19)18-21-17(24-22-18)10-9-14-5-3-8-16(13-14)23-15-6-1-2-7-15;/h3,5,8,13,15H,1-2,4,6-7,9-12,20H2;1H. The van der Waals surface area contributed by atoms with Crippen LogP contribution >= 0.6 is 12.4 Å². The molecule has 4 rings (SSSR count). The van der Waals surface area contributed by atoms with Crippen LogP contribution in [0.1, 0.15) is 62.2 Å². The summed E-state index contributed by atoms with van der Waals surface area (Å²) < 4.78 is 11.4. The molecule has 2 N–H and O–H groups in total. The zero-order chi connectivity index (χ0) is 16.4. The molecular formula is C19H26ClN3O2. The first kappa shape index (κ1) is 18.2. The maximum Gasteiger partial charge on any atom is 0.227 e. The molecule has 2 aromatic rings. The van der Waals surface area contributed by atoms with E-state index in [9.17, 15) is 0 Å². The van der Waals surface area contributed by atoms with Gasteiger partial charge in [-0.25, -0.2) is 0 Å². The van der Waals surface area contributed by atoms with E-state index in [1.807, 2.05) is 6.07 Å². The minimum Gasteiger partial charge on any atom is -0.490 e. The molecule has 0 aliphatic heterocycles. The van der Waals surface area contributed by atoms with E-state index in [2.05, 4.69) is 28.3 Å². The van der Waals surface area contributed by atoms with Crippen LogP contribution in [-0.4, -0.2) is 16.2 Å².